The molecule has 2 aliphatic rings. The second-order valence-corrected chi connectivity index (χ2v) is 7.66. The van der Waals surface area contributed by atoms with Crippen LogP contribution in [0.15, 0.2) is 21.3 Å². The summed E-state index contributed by atoms with van der Waals surface area (Å²) in [7, 11) is 0. The molecule has 26 heavy (non-hydrogen) atoms. The highest BCUT2D eigenvalue weighted by atomic mass is 16.5. The Bertz CT molecular complexity index is 693. The topological polar surface area (TPSA) is 83.2 Å². The lowest BCUT2D eigenvalue weighted by molar-refractivity contribution is -0.0726. The quantitative estimate of drug-likeness (QED) is 0.848. The molecular weight excluding hydrogens is 336 g/mol. The van der Waals surface area contributed by atoms with Crippen molar-refractivity contribution in [3.63, 3.8) is 0 Å². The fraction of sp³-hybridized carbons (Fsp3) is 0.684. The number of rotatable bonds is 4. The summed E-state index contributed by atoms with van der Waals surface area (Å²) in [5.74, 6) is 0.435. The second kappa shape index (κ2) is 7.90. The third-order valence-corrected chi connectivity index (χ3v) is 5.19. The molecule has 0 saturated carbocycles. The molecule has 1 aromatic rings. The first kappa shape index (κ1) is 19.1. The largest absolute Gasteiger partial charge is 0.456 e. The molecule has 0 radical (unpaired) electrons. The summed E-state index contributed by atoms with van der Waals surface area (Å²) in [6, 6.07) is 2.60. The summed E-state index contributed by atoms with van der Waals surface area (Å²) in [5, 5.41) is 9.77. The lowest BCUT2D eigenvalue weighted by Crippen LogP contribution is -2.48. The average Bonchev–Trinajstić information content (AvgIpc) is 2.95. The van der Waals surface area contributed by atoms with Gasteiger partial charge in [0.2, 0.25) is 0 Å². The van der Waals surface area contributed by atoms with Crippen LogP contribution in [-0.4, -0.2) is 72.4 Å². The number of aliphatic hydroxyl groups is 1. The van der Waals surface area contributed by atoms with Gasteiger partial charge < -0.3 is 19.2 Å². The zero-order chi connectivity index (χ0) is 18.8. The Balaban J connectivity index is 1.68. The van der Waals surface area contributed by atoms with E-state index in [1.54, 1.807) is 11.8 Å². The van der Waals surface area contributed by atoms with E-state index in [1.807, 2.05) is 0 Å². The summed E-state index contributed by atoms with van der Waals surface area (Å²) in [6.45, 7) is 9.41. The lowest BCUT2D eigenvalue weighted by Gasteiger charge is -2.37. The van der Waals surface area contributed by atoms with Crippen LogP contribution in [0.2, 0.25) is 0 Å². The highest BCUT2D eigenvalue weighted by Crippen LogP contribution is 2.26. The molecule has 1 N–H and O–H groups in total. The minimum Gasteiger partial charge on any atom is -0.456 e. The smallest absolute Gasteiger partial charge is 0.289 e. The molecule has 1 amide bonds. The van der Waals surface area contributed by atoms with E-state index >= 15 is 0 Å². The van der Waals surface area contributed by atoms with E-state index in [4.69, 9.17) is 9.15 Å². The van der Waals surface area contributed by atoms with Gasteiger partial charge >= 0.3 is 0 Å². The summed E-state index contributed by atoms with van der Waals surface area (Å²) in [5.41, 5.74) is -0.233. The minimum absolute atomic E-state index is 0.0314. The number of ether oxygens (including phenoxy) is 1. The molecule has 144 valence electrons. The normalized spacial score (nSPS) is 29.9. The molecule has 0 unspecified atom stereocenters. The van der Waals surface area contributed by atoms with E-state index in [1.165, 1.54) is 12.1 Å². The number of aryl methyl sites for hydroxylation is 1. The van der Waals surface area contributed by atoms with Crippen molar-refractivity contribution in [2.24, 2.45) is 11.8 Å². The van der Waals surface area contributed by atoms with E-state index in [0.29, 0.717) is 18.8 Å². The van der Waals surface area contributed by atoms with Gasteiger partial charge in [0.05, 0.1) is 12.2 Å². The Kier molecular flexibility index (Phi) is 5.79. The molecule has 7 heteroatoms. The van der Waals surface area contributed by atoms with Gasteiger partial charge in [0.25, 0.3) is 5.91 Å². The van der Waals surface area contributed by atoms with E-state index in [0.717, 1.165) is 19.6 Å². The monoisotopic (exact) mass is 364 g/mol. The molecule has 1 aromatic heterocycles. The summed E-state index contributed by atoms with van der Waals surface area (Å²) >= 11 is 0. The molecule has 2 saturated heterocycles. The highest BCUT2D eigenvalue weighted by Gasteiger charge is 2.37. The SMILES string of the molecule is Cc1cc(=O)cc(C(=O)N2C[C@@H](CN3C[C@@H](C)O[C@@H](C)C3)[C@@H](CO)C2)o1. The first-order valence-corrected chi connectivity index (χ1v) is 9.25. The van der Waals surface area contributed by atoms with Crippen molar-refractivity contribution in [3.8, 4) is 0 Å². The molecule has 3 rings (SSSR count). The van der Waals surface area contributed by atoms with Gasteiger partial charge in [0, 0.05) is 57.4 Å². The maximum atomic E-state index is 12.7. The van der Waals surface area contributed by atoms with Crippen molar-refractivity contribution >= 4 is 5.91 Å². The van der Waals surface area contributed by atoms with E-state index in [-0.39, 0.29) is 47.7 Å². The maximum Gasteiger partial charge on any atom is 0.289 e. The third-order valence-electron chi connectivity index (χ3n) is 5.19. The predicted octanol–water partition coefficient (Wildman–Crippen LogP) is 0.738. The Labute approximate surface area is 153 Å². The average molecular weight is 364 g/mol. The van der Waals surface area contributed by atoms with Crippen LogP contribution in [0.25, 0.3) is 0 Å². The third kappa shape index (κ3) is 4.34. The predicted molar refractivity (Wildman–Crippen MR) is 96.1 cm³/mol. The van der Waals surface area contributed by atoms with Crippen LogP contribution < -0.4 is 5.43 Å². The second-order valence-electron chi connectivity index (χ2n) is 7.66. The van der Waals surface area contributed by atoms with Gasteiger partial charge in [-0.2, -0.15) is 0 Å². The van der Waals surface area contributed by atoms with Crippen molar-refractivity contribution in [3.05, 3.63) is 33.9 Å². The Morgan fingerprint density at radius 3 is 2.42 bits per heavy atom. The van der Waals surface area contributed by atoms with Crippen LogP contribution in [-0.2, 0) is 4.74 Å². The van der Waals surface area contributed by atoms with Crippen LogP contribution in [0.5, 0.6) is 0 Å². The first-order valence-electron chi connectivity index (χ1n) is 9.25. The molecular formula is C19H28N2O5. The van der Waals surface area contributed by atoms with Gasteiger partial charge in [-0.3, -0.25) is 14.5 Å². The molecule has 0 aliphatic carbocycles. The van der Waals surface area contributed by atoms with Crippen LogP contribution in [0.1, 0.15) is 30.2 Å². The van der Waals surface area contributed by atoms with Gasteiger partial charge in [-0.1, -0.05) is 0 Å². The molecule has 2 fully saturated rings. The number of aliphatic hydroxyl groups excluding tert-OH is 1. The zero-order valence-electron chi connectivity index (χ0n) is 15.7. The molecule has 2 aliphatic heterocycles. The first-order chi connectivity index (χ1) is 12.4. The number of nitrogens with zero attached hydrogens (tertiary/aromatic N) is 2. The number of carbonyl (C=O) groups is 1. The lowest BCUT2D eigenvalue weighted by atomic mass is 9.96. The molecule has 4 atom stereocenters. The van der Waals surface area contributed by atoms with Crippen molar-refractivity contribution in [2.45, 2.75) is 33.0 Å². The number of carbonyl (C=O) groups excluding carboxylic acids is 1. The van der Waals surface area contributed by atoms with Gasteiger partial charge in [0.15, 0.2) is 11.2 Å². The summed E-state index contributed by atoms with van der Waals surface area (Å²) in [6.07, 6.45) is 0.374. The van der Waals surface area contributed by atoms with Gasteiger partial charge in [-0.15, -0.1) is 0 Å². The zero-order valence-corrected chi connectivity index (χ0v) is 15.7. The van der Waals surface area contributed by atoms with E-state index < -0.39 is 0 Å². The molecule has 0 spiro atoms. The van der Waals surface area contributed by atoms with Crippen molar-refractivity contribution in [1.29, 1.82) is 0 Å². The number of amides is 1. The van der Waals surface area contributed by atoms with Crippen LogP contribution >= 0.6 is 0 Å². The Morgan fingerprint density at radius 2 is 1.81 bits per heavy atom. The van der Waals surface area contributed by atoms with Gasteiger partial charge in [-0.05, 0) is 26.7 Å². The van der Waals surface area contributed by atoms with Crippen LogP contribution in [0, 0.1) is 18.8 Å². The van der Waals surface area contributed by atoms with Gasteiger partial charge in [0.1, 0.15) is 5.76 Å². The van der Waals surface area contributed by atoms with E-state index in [2.05, 4.69) is 18.7 Å². The number of hydrogen-bond donors (Lipinski definition) is 1. The molecule has 0 bridgehead atoms. The van der Waals surface area contributed by atoms with Crippen molar-refractivity contribution in [1.82, 2.24) is 9.80 Å². The van der Waals surface area contributed by atoms with Crippen molar-refractivity contribution < 1.29 is 19.1 Å². The maximum absolute atomic E-state index is 12.7. The highest BCUT2D eigenvalue weighted by molar-refractivity contribution is 5.91. The summed E-state index contributed by atoms with van der Waals surface area (Å²) < 4.78 is 11.2. The van der Waals surface area contributed by atoms with Crippen LogP contribution in [0.4, 0.5) is 0 Å². The molecule has 7 nitrogen and oxygen atoms in total. The number of hydrogen-bond acceptors (Lipinski definition) is 6. The number of morpholine rings is 1. The summed E-state index contributed by atoms with van der Waals surface area (Å²) in [4.78, 5) is 28.4. The Morgan fingerprint density at radius 1 is 1.15 bits per heavy atom. The fourth-order valence-corrected chi connectivity index (χ4v) is 4.15. The standard InChI is InChI=1S/C19H28N2O5/c1-12-4-17(23)5-18(26-12)19(24)21-9-15(16(10-21)11-22)8-20-6-13(2)25-14(3)7-20/h4-5,13-16,22H,6-11H2,1-3H3/t13-,14+,15-,16-/m1/s1. The Hall–Kier alpha value is -1.70. The van der Waals surface area contributed by atoms with Gasteiger partial charge in [-0.25, -0.2) is 0 Å². The molecule has 0 aromatic carbocycles. The van der Waals surface area contributed by atoms with Crippen molar-refractivity contribution in [2.75, 3.05) is 39.3 Å². The van der Waals surface area contributed by atoms with Crippen LogP contribution in [0.3, 0.4) is 0 Å². The fourth-order valence-electron chi connectivity index (χ4n) is 4.15. The number of likely N-dealkylation sites (tertiary alicyclic amines) is 1. The molecule has 3 heterocycles. The van der Waals surface area contributed by atoms with E-state index in [9.17, 15) is 14.7 Å². The minimum atomic E-state index is -0.282.